The second-order valence-electron chi connectivity index (χ2n) is 8.46. The Morgan fingerprint density at radius 2 is 2.00 bits per heavy atom. The van der Waals surface area contributed by atoms with E-state index in [0.717, 1.165) is 16.7 Å². The molecule has 31 heavy (non-hydrogen) atoms. The minimum atomic E-state index is -0.352. The molecular weight excluding hydrogens is 394 g/mol. The number of fused-ring (bicyclic) bond motifs is 1. The number of aryl methyl sites for hydroxylation is 1. The van der Waals surface area contributed by atoms with Crippen LogP contribution in [0.25, 0.3) is 11.1 Å². The molecular formula is C24H31N3O4. The van der Waals surface area contributed by atoms with E-state index in [1.54, 1.807) is 29.1 Å². The number of aliphatic hydroxyl groups excluding tert-OH is 1. The van der Waals surface area contributed by atoms with Crippen LogP contribution in [0.4, 0.5) is 0 Å². The van der Waals surface area contributed by atoms with Gasteiger partial charge in [0.05, 0.1) is 19.2 Å². The predicted molar refractivity (Wildman–Crippen MR) is 119 cm³/mol. The van der Waals surface area contributed by atoms with Gasteiger partial charge in [0, 0.05) is 38.2 Å². The van der Waals surface area contributed by atoms with E-state index in [0.29, 0.717) is 18.7 Å². The lowest BCUT2D eigenvalue weighted by atomic mass is 9.99. The highest BCUT2D eigenvalue weighted by Crippen LogP contribution is 2.30. The summed E-state index contributed by atoms with van der Waals surface area (Å²) in [6.07, 6.45) is 1.36. The quantitative estimate of drug-likeness (QED) is 0.797. The second kappa shape index (κ2) is 9.47. The van der Waals surface area contributed by atoms with Crippen LogP contribution in [0.2, 0.25) is 0 Å². The van der Waals surface area contributed by atoms with Gasteiger partial charge in [-0.25, -0.2) is 4.98 Å². The van der Waals surface area contributed by atoms with Crippen molar-refractivity contribution in [3.8, 4) is 17.0 Å². The highest BCUT2D eigenvalue weighted by Gasteiger charge is 2.34. The SMILES string of the molecule is CC(=O)N(C)C[C@H]1Oc2ncc(-c3ccc(C)cc3)cc2C(=O)N([C@H](C)CO)C[C@H]1C. The average Bonchev–Trinajstić information content (AvgIpc) is 2.75. The highest BCUT2D eigenvalue weighted by molar-refractivity contribution is 5.98. The standard InChI is InChI=1S/C24H31N3O4/c1-15-6-8-19(9-7-15)20-10-21-23(25-11-20)31-22(13-26(5)18(4)29)16(2)12-27(24(21)30)17(3)14-28/h6-11,16-17,22,28H,12-14H2,1-5H3/t16-,17-,22-/m1/s1. The molecule has 0 unspecified atom stereocenters. The first-order chi connectivity index (χ1) is 14.7. The van der Waals surface area contributed by atoms with Gasteiger partial charge in [-0.1, -0.05) is 36.8 Å². The molecule has 2 amide bonds. The van der Waals surface area contributed by atoms with Crippen molar-refractivity contribution in [1.82, 2.24) is 14.8 Å². The molecule has 2 aromatic rings. The molecule has 0 aliphatic carbocycles. The van der Waals surface area contributed by atoms with Gasteiger partial charge < -0.3 is 19.6 Å². The van der Waals surface area contributed by atoms with Gasteiger partial charge >= 0.3 is 0 Å². The van der Waals surface area contributed by atoms with Crippen molar-refractivity contribution >= 4 is 11.8 Å². The summed E-state index contributed by atoms with van der Waals surface area (Å²) >= 11 is 0. The Bertz CT molecular complexity index is 944. The minimum absolute atomic E-state index is 0.0579. The molecule has 3 rings (SSSR count). The average molecular weight is 426 g/mol. The van der Waals surface area contributed by atoms with Gasteiger partial charge in [-0.3, -0.25) is 9.59 Å². The first-order valence-corrected chi connectivity index (χ1v) is 10.6. The maximum absolute atomic E-state index is 13.4. The number of hydrogen-bond acceptors (Lipinski definition) is 5. The summed E-state index contributed by atoms with van der Waals surface area (Å²) in [7, 11) is 1.73. The van der Waals surface area contributed by atoms with E-state index in [4.69, 9.17) is 4.74 Å². The number of aromatic nitrogens is 1. The molecule has 1 aliphatic heterocycles. The molecule has 166 valence electrons. The van der Waals surface area contributed by atoms with Gasteiger partial charge in [-0.15, -0.1) is 0 Å². The largest absolute Gasteiger partial charge is 0.472 e. The monoisotopic (exact) mass is 425 g/mol. The summed E-state index contributed by atoms with van der Waals surface area (Å²) in [4.78, 5) is 33.0. The number of hydrogen-bond donors (Lipinski definition) is 1. The number of nitrogens with zero attached hydrogens (tertiary/aromatic N) is 3. The van der Waals surface area contributed by atoms with E-state index in [2.05, 4.69) is 4.98 Å². The Labute approximate surface area is 183 Å². The fourth-order valence-corrected chi connectivity index (χ4v) is 3.62. The van der Waals surface area contributed by atoms with Crippen LogP contribution >= 0.6 is 0 Å². The number of ether oxygens (including phenoxy) is 1. The van der Waals surface area contributed by atoms with Crippen LogP contribution in [-0.2, 0) is 4.79 Å². The second-order valence-corrected chi connectivity index (χ2v) is 8.46. The summed E-state index contributed by atoms with van der Waals surface area (Å²) < 4.78 is 6.20. The molecule has 1 aliphatic rings. The van der Waals surface area contributed by atoms with Crippen LogP contribution in [0.1, 0.15) is 36.7 Å². The van der Waals surface area contributed by atoms with Gasteiger partial charge in [0.2, 0.25) is 11.8 Å². The van der Waals surface area contributed by atoms with Crippen LogP contribution in [0.15, 0.2) is 36.5 Å². The third-order valence-electron chi connectivity index (χ3n) is 5.90. The highest BCUT2D eigenvalue weighted by atomic mass is 16.5. The van der Waals surface area contributed by atoms with Crippen molar-refractivity contribution in [3.05, 3.63) is 47.7 Å². The van der Waals surface area contributed by atoms with Crippen LogP contribution in [0.5, 0.6) is 5.88 Å². The van der Waals surface area contributed by atoms with Crippen molar-refractivity contribution in [3.63, 3.8) is 0 Å². The Kier molecular flexibility index (Phi) is 6.95. The zero-order chi connectivity index (χ0) is 22.7. The first kappa shape index (κ1) is 22.7. The van der Waals surface area contributed by atoms with Crippen molar-refractivity contribution in [1.29, 1.82) is 0 Å². The maximum atomic E-state index is 13.4. The van der Waals surface area contributed by atoms with Crippen LogP contribution in [0, 0.1) is 12.8 Å². The van der Waals surface area contributed by atoms with E-state index in [-0.39, 0.29) is 42.4 Å². The lowest BCUT2D eigenvalue weighted by molar-refractivity contribution is -0.129. The molecule has 0 spiro atoms. The topological polar surface area (TPSA) is 83.0 Å². The third-order valence-corrected chi connectivity index (χ3v) is 5.90. The number of aliphatic hydroxyl groups is 1. The van der Waals surface area contributed by atoms with Gasteiger partial charge in [0.1, 0.15) is 11.7 Å². The number of benzene rings is 1. The minimum Gasteiger partial charge on any atom is -0.472 e. The Morgan fingerprint density at radius 1 is 1.32 bits per heavy atom. The lowest BCUT2D eigenvalue weighted by Crippen LogP contribution is -2.50. The summed E-state index contributed by atoms with van der Waals surface area (Å²) in [5.74, 6) is -0.0865. The molecule has 2 heterocycles. The molecule has 3 atom stereocenters. The van der Waals surface area contributed by atoms with Crippen molar-refractivity contribution in [2.45, 2.75) is 39.8 Å². The maximum Gasteiger partial charge on any atom is 0.259 e. The lowest BCUT2D eigenvalue weighted by Gasteiger charge is -2.37. The predicted octanol–water partition coefficient (Wildman–Crippen LogP) is 2.76. The first-order valence-electron chi connectivity index (χ1n) is 10.6. The summed E-state index contributed by atoms with van der Waals surface area (Å²) in [5, 5.41) is 9.75. The van der Waals surface area contributed by atoms with Crippen molar-refractivity contribution in [2.24, 2.45) is 5.92 Å². The van der Waals surface area contributed by atoms with Crippen molar-refractivity contribution in [2.75, 3.05) is 26.7 Å². The molecule has 0 saturated carbocycles. The number of carbonyl (C=O) groups excluding carboxylic acids is 2. The van der Waals surface area contributed by atoms with E-state index in [1.165, 1.54) is 6.92 Å². The van der Waals surface area contributed by atoms with Crippen LogP contribution in [-0.4, -0.2) is 70.6 Å². The smallest absolute Gasteiger partial charge is 0.259 e. The molecule has 7 heteroatoms. The van der Waals surface area contributed by atoms with E-state index >= 15 is 0 Å². The summed E-state index contributed by atoms with van der Waals surface area (Å²) in [6.45, 7) is 7.98. The fourth-order valence-electron chi connectivity index (χ4n) is 3.62. The number of pyridine rings is 1. The van der Waals surface area contributed by atoms with Gasteiger partial charge in [-0.05, 0) is 25.5 Å². The molecule has 1 aromatic carbocycles. The zero-order valence-electron chi connectivity index (χ0n) is 18.8. The van der Waals surface area contributed by atoms with E-state index in [1.807, 2.05) is 45.0 Å². The molecule has 0 saturated heterocycles. The van der Waals surface area contributed by atoms with Gasteiger partial charge in [-0.2, -0.15) is 0 Å². The molecule has 0 radical (unpaired) electrons. The van der Waals surface area contributed by atoms with Gasteiger partial charge in [0.15, 0.2) is 0 Å². The van der Waals surface area contributed by atoms with E-state index in [9.17, 15) is 14.7 Å². The Balaban J connectivity index is 2.05. The molecule has 0 bridgehead atoms. The molecule has 0 fully saturated rings. The summed E-state index contributed by atoms with van der Waals surface area (Å²) in [6, 6.07) is 9.46. The van der Waals surface area contributed by atoms with Crippen LogP contribution in [0.3, 0.4) is 0 Å². The molecule has 7 nitrogen and oxygen atoms in total. The molecule has 1 aromatic heterocycles. The normalized spacial score (nSPS) is 19.7. The third kappa shape index (κ3) is 5.05. The number of amides is 2. The number of likely N-dealkylation sites (N-methyl/N-ethyl adjacent to an activating group) is 1. The van der Waals surface area contributed by atoms with Crippen molar-refractivity contribution < 1.29 is 19.4 Å². The Morgan fingerprint density at radius 3 is 2.61 bits per heavy atom. The van der Waals surface area contributed by atoms with Crippen LogP contribution < -0.4 is 4.74 Å². The fraction of sp³-hybridized carbons (Fsp3) is 0.458. The molecule has 1 N–H and O–H groups in total. The van der Waals surface area contributed by atoms with Gasteiger partial charge in [0.25, 0.3) is 5.91 Å². The van der Waals surface area contributed by atoms with E-state index < -0.39 is 0 Å². The Hall–Kier alpha value is -2.93. The number of rotatable bonds is 5. The number of carbonyl (C=O) groups is 2. The zero-order valence-corrected chi connectivity index (χ0v) is 18.8. The summed E-state index contributed by atoms with van der Waals surface area (Å²) in [5.41, 5.74) is 3.29.